The predicted molar refractivity (Wildman–Crippen MR) is 78.8 cm³/mol. The second-order valence-electron chi connectivity index (χ2n) is 5.96. The monoisotopic (exact) mass is 327 g/mol. The van der Waals surface area contributed by atoms with E-state index >= 15 is 0 Å². The predicted octanol–water partition coefficient (Wildman–Crippen LogP) is 3.22. The first kappa shape index (κ1) is 16.4. The van der Waals surface area contributed by atoms with E-state index in [4.69, 9.17) is 5.26 Å². The fraction of sp³-hybridized carbons (Fsp3) is 0.733. The molecule has 1 N–H and O–H groups in total. The second-order valence-corrected chi connectivity index (χ2v) is 7.02. The lowest BCUT2D eigenvalue weighted by molar-refractivity contribution is -0.112. The van der Waals surface area contributed by atoms with Crippen LogP contribution < -0.4 is 0 Å². The Morgan fingerprint density at radius 2 is 2.16 bits per heavy atom. The molecule has 1 rings (SSSR count). The molecule has 0 aromatic carbocycles. The van der Waals surface area contributed by atoms with Crippen LogP contribution in [-0.2, 0) is 4.79 Å². The van der Waals surface area contributed by atoms with Crippen LogP contribution in [0.2, 0.25) is 0 Å². The summed E-state index contributed by atoms with van der Waals surface area (Å²) in [6.07, 6.45) is 2.87. The number of ketones is 1. The highest BCUT2D eigenvalue weighted by Crippen LogP contribution is 2.46. The highest BCUT2D eigenvalue weighted by Gasteiger charge is 2.47. The van der Waals surface area contributed by atoms with Crippen molar-refractivity contribution < 1.29 is 9.90 Å². The average Bonchev–Trinajstić information content (AvgIpc) is 2.61. The minimum Gasteiger partial charge on any atom is -0.390 e. The van der Waals surface area contributed by atoms with Crippen molar-refractivity contribution in [1.29, 1.82) is 5.26 Å². The second kappa shape index (κ2) is 6.19. The molecule has 0 bridgehead atoms. The van der Waals surface area contributed by atoms with E-state index in [1.165, 1.54) is 6.92 Å². The van der Waals surface area contributed by atoms with Crippen LogP contribution >= 0.6 is 15.9 Å². The first-order valence-electron chi connectivity index (χ1n) is 6.64. The minimum atomic E-state index is -0.820. The lowest BCUT2D eigenvalue weighted by Crippen LogP contribution is -2.37. The summed E-state index contributed by atoms with van der Waals surface area (Å²) in [5.41, 5.74) is 0.185. The van der Waals surface area contributed by atoms with E-state index in [1.54, 1.807) is 13.0 Å². The van der Waals surface area contributed by atoms with E-state index in [-0.39, 0.29) is 28.4 Å². The Morgan fingerprint density at radius 3 is 2.58 bits per heavy atom. The molecule has 3 nitrogen and oxygen atoms in total. The average molecular weight is 328 g/mol. The van der Waals surface area contributed by atoms with Crippen molar-refractivity contribution in [2.75, 3.05) is 0 Å². The quantitative estimate of drug-likeness (QED) is 0.637. The topological polar surface area (TPSA) is 61.1 Å². The van der Waals surface area contributed by atoms with Gasteiger partial charge >= 0.3 is 0 Å². The highest BCUT2D eigenvalue weighted by molar-refractivity contribution is 9.09. The zero-order valence-electron chi connectivity index (χ0n) is 12.0. The van der Waals surface area contributed by atoms with Gasteiger partial charge in [-0.15, -0.1) is 0 Å². The van der Waals surface area contributed by atoms with Crippen molar-refractivity contribution in [3.8, 4) is 6.07 Å². The molecule has 3 unspecified atom stereocenters. The van der Waals surface area contributed by atoms with Crippen LogP contribution in [0.25, 0.3) is 0 Å². The normalized spacial score (nSPS) is 34.7. The number of allylic oxidation sites excluding steroid dienone is 2. The summed E-state index contributed by atoms with van der Waals surface area (Å²) < 4.78 is 0. The Hall–Kier alpha value is -0.660. The van der Waals surface area contributed by atoms with Gasteiger partial charge < -0.3 is 5.11 Å². The molecular weight excluding hydrogens is 306 g/mol. The smallest absolute Gasteiger partial charge is 0.152 e. The molecule has 0 saturated heterocycles. The third-order valence-corrected chi connectivity index (χ3v) is 5.62. The highest BCUT2D eigenvalue weighted by atomic mass is 79.9. The molecule has 1 fully saturated rings. The number of rotatable bonds is 4. The SMILES string of the molecule is CC(=O)/C=C(/C)C(C)[C@@H](Br)C1C[C@@H](C#N)CC1(C)O. The van der Waals surface area contributed by atoms with Crippen LogP contribution in [0.15, 0.2) is 11.6 Å². The van der Waals surface area contributed by atoms with Gasteiger partial charge in [-0.2, -0.15) is 5.26 Å². The van der Waals surface area contributed by atoms with Crippen LogP contribution in [0, 0.1) is 29.1 Å². The van der Waals surface area contributed by atoms with E-state index in [0.29, 0.717) is 12.8 Å². The lowest BCUT2D eigenvalue weighted by atomic mass is 9.82. The Kier molecular flexibility index (Phi) is 5.34. The molecule has 1 saturated carbocycles. The van der Waals surface area contributed by atoms with Gasteiger partial charge in [-0.05, 0) is 45.6 Å². The number of alkyl halides is 1. The van der Waals surface area contributed by atoms with Gasteiger partial charge in [0.05, 0.1) is 11.7 Å². The van der Waals surface area contributed by atoms with Gasteiger partial charge in [-0.25, -0.2) is 0 Å². The molecule has 4 heteroatoms. The summed E-state index contributed by atoms with van der Waals surface area (Å²) in [4.78, 5) is 11.2. The van der Waals surface area contributed by atoms with Gasteiger partial charge in [0, 0.05) is 16.7 Å². The fourth-order valence-electron chi connectivity index (χ4n) is 2.92. The number of nitriles is 1. The molecule has 0 aromatic rings. The summed E-state index contributed by atoms with van der Waals surface area (Å²) in [5.74, 6) is 0.141. The summed E-state index contributed by atoms with van der Waals surface area (Å²) >= 11 is 3.67. The molecule has 106 valence electrons. The van der Waals surface area contributed by atoms with Crippen LogP contribution in [0.4, 0.5) is 0 Å². The van der Waals surface area contributed by atoms with Gasteiger partial charge in [0.15, 0.2) is 5.78 Å². The molecule has 19 heavy (non-hydrogen) atoms. The van der Waals surface area contributed by atoms with E-state index in [9.17, 15) is 9.90 Å². The number of nitrogens with zero attached hydrogens (tertiary/aromatic N) is 1. The van der Waals surface area contributed by atoms with Crippen molar-refractivity contribution >= 4 is 21.7 Å². The van der Waals surface area contributed by atoms with E-state index in [2.05, 4.69) is 22.0 Å². The summed E-state index contributed by atoms with van der Waals surface area (Å²) in [7, 11) is 0. The number of hydrogen-bond donors (Lipinski definition) is 1. The van der Waals surface area contributed by atoms with Crippen LogP contribution in [0.3, 0.4) is 0 Å². The largest absolute Gasteiger partial charge is 0.390 e. The van der Waals surface area contributed by atoms with Gasteiger partial charge in [0.1, 0.15) is 0 Å². The van der Waals surface area contributed by atoms with Gasteiger partial charge in [0.2, 0.25) is 0 Å². The molecule has 1 aliphatic carbocycles. The third-order valence-electron chi connectivity index (χ3n) is 4.19. The number of hydrogen-bond acceptors (Lipinski definition) is 3. The molecule has 0 spiro atoms. The van der Waals surface area contributed by atoms with Gasteiger partial charge in [-0.1, -0.05) is 28.4 Å². The molecule has 5 atom stereocenters. The molecular formula is C15H22BrNO2. The molecule has 0 aromatic heterocycles. The summed E-state index contributed by atoms with van der Waals surface area (Å²) in [5, 5.41) is 19.5. The first-order valence-corrected chi connectivity index (χ1v) is 7.55. The molecule has 0 amide bonds. The minimum absolute atomic E-state index is 0.0301. The first-order chi connectivity index (χ1) is 8.69. The van der Waals surface area contributed by atoms with E-state index in [1.807, 2.05) is 13.8 Å². The molecule has 1 aliphatic rings. The van der Waals surface area contributed by atoms with Crippen molar-refractivity contribution in [1.82, 2.24) is 0 Å². The zero-order chi connectivity index (χ0) is 14.8. The number of aliphatic hydroxyl groups is 1. The lowest BCUT2D eigenvalue weighted by Gasteiger charge is -2.33. The number of carbonyl (C=O) groups is 1. The van der Waals surface area contributed by atoms with E-state index in [0.717, 1.165) is 5.57 Å². The summed E-state index contributed by atoms with van der Waals surface area (Å²) in [6.45, 7) is 7.33. The summed E-state index contributed by atoms with van der Waals surface area (Å²) in [6, 6.07) is 2.26. The number of carbonyl (C=O) groups excluding carboxylic acids is 1. The third kappa shape index (κ3) is 3.90. The van der Waals surface area contributed by atoms with Crippen molar-refractivity contribution in [3.05, 3.63) is 11.6 Å². The van der Waals surface area contributed by atoms with E-state index < -0.39 is 5.60 Å². The van der Waals surface area contributed by atoms with Crippen LogP contribution in [0.5, 0.6) is 0 Å². The van der Waals surface area contributed by atoms with Gasteiger partial charge in [0.25, 0.3) is 0 Å². The van der Waals surface area contributed by atoms with Crippen molar-refractivity contribution in [2.24, 2.45) is 17.8 Å². The Labute approximate surface area is 123 Å². The Morgan fingerprint density at radius 1 is 1.58 bits per heavy atom. The maximum Gasteiger partial charge on any atom is 0.152 e. The Bertz CT molecular complexity index is 422. The van der Waals surface area contributed by atoms with Crippen LogP contribution in [-0.4, -0.2) is 21.3 Å². The number of halogens is 1. The maximum absolute atomic E-state index is 11.1. The maximum atomic E-state index is 11.1. The zero-order valence-corrected chi connectivity index (χ0v) is 13.6. The molecule has 0 aliphatic heterocycles. The van der Waals surface area contributed by atoms with Crippen LogP contribution in [0.1, 0.15) is 40.5 Å². The molecule has 0 radical (unpaired) electrons. The van der Waals surface area contributed by atoms with Crippen molar-refractivity contribution in [3.63, 3.8) is 0 Å². The molecule has 0 heterocycles. The fourth-order valence-corrected chi connectivity index (χ4v) is 4.12. The standard InChI is InChI=1S/C15H22BrNO2/c1-9(5-10(2)18)11(3)14(16)13-6-12(8-17)7-15(13,4)19/h5,11-14,19H,6-7H2,1-4H3/b9-5-/t11?,12-,13?,14-,15?/m1/s1. The van der Waals surface area contributed by atoms with Crippen molar-refractivity contribution in [2.45, 2.75) is 51.0 Å². The van der Waals surface area contributed by atoms with Gasteiger partial charge in [-0.3, -0.25) is 4.79 Å². The Balaban J connectivity index is 2.86.